The molecule has 2 aromatic heterocycles. The molecular formula is C25H32N6O2. The van der Waals surface area contributed by atoms with E-state index < -0.39 is 0 Å². The van der Waals surface area contributed by atoms with Crippen molar-refractivity contribution >= 4 is 5.91 Å². The van der Waals surface area contributed by atoms with Crippen molar-refractivity contribution < 1.29 is 9.32 Å². The lowest BCUT2D eigenvalue weighted by Gasteiger charge is -2.32. The maximum absolute atomic E-state index is 13.6. The number of aryl methyl sites for hydroxylation is 1. The molecule has 0 unspecified atom stereocenters. The Morgan fingerprint density at radius 1 is 1.15 bits per heavy atom. The summed E-state index contributed by atoms with van der Waals surface area (Å²) >= 11 is 0. The molecule has 2 saturated heterocycles. The van der Waals surface area contributed by atoms with Gasteiger partial charge in [0.2, 0.25) is 0 Å². The van der Waals surface area contributed by atoms with Gasteiger partial charge in [0.05, 0.1) is 6.54 Å². The van der Waals surface area contributed by atoms with Crippen molar-refractivity contribution in [3.63, 3.8) is 0 Å². The van der Waals surface area contributed by atoms with Crippen LogP contribution in [0.4, 0.5) is 0 Å². The Balaban J connectivity index is 1.34. The molecule has 1 aromatic carbocycles. The predicted octanol–water partition coefficient (Wildman–Crippen LogP) is 2.36. The molecule has 0 spiro atoms. The van der Waals surface area contributed by atoms with E-state index in [0.29, 0.717) is 23.9 Å². The number of amides is 1. The number of rotatable bonds is 7. The van der Waals surface area contributed by atoms with E-state index in [-0.39, 0.29) is 11.3 Å². The quantitative estimate of drug-likeness (QED) is 0.553. The molecule has 8 nitrogen and oxygen atoms in total. The summed E-state index contributed by atoms with van der Waals surface area (Å²) in [5.74, 6) is 1.08. The molecule has 4 heterocycles. The highest BCUT2D eigenvalue weighted by Crippen LogP contribution is 2.44. The smallest absolute Gasteiger partial charge is 0.276 e. The monoisotopic (exact) mass is 448 g/mol. The van der Waals surface area contributed by atoms with Crippen molar-refractivity contribution in [2.24, 2.45) is 11.3 Å². The van der Waals surface area contributed by atoms with E-state index in [1.807, 2.05) is 24.1 Å². The maximum atomic E-state index is 13.6. The molecule has 2 fully saturated rings. The lowest BCUT2D eigenvalue weighted by atomic mass is 9.80. The third-order valence-electron chi connectivity index (χ3n) is 7.06. The minimum absolute atomic E-state index is 0.0313. The number of aromatic nitrogens is 3. The molecule has 0 radical (unpaired) electrons. The first kappa shape index (κ1) is 21.9. The fourth-order valence-electron chi connectivity index (χ4n) is 5.71. The number of benzene rings is 1. The van der Waals surface area contributed by atoms with Crippen LogP contribution in [0.25, 0.3) is 0 Å². The Bertz CT molecular complexity index is 1090. The molecule has 8 heteroatoms. The van der Waals surface area contributed by atoms with Gasteiger partial charge < -0.3 is 14.3 Å². The van der Waals surface area contributed by atoms with Crippen LogP contribution in [-0.4, -0.2) is 82.4 Å². The topological polar surface area (TPSA) is 70.6 Å². The number of likely N-dealkylation sites (tertiary alicyclic amines) is 2. The van der Waals surface area contributed by atoms with Gasteiger partial charge in [0.25, 0.3) is 5.91 Å². The summed E-state index contributed by atoms with van der Waals surface area (Å²) in [6, 6.07) is 12.5. The largest absolute Gasteiger partial charge is 0.361 e. The van der Waals surface area contributed by atoms with Gasteiger partial charge in [-0.2, -0.15) is 5.10 Å². The van der Waals surface area contributed by atoms with Gasteiger partial charge in [-0.3, -0.25) is 14.4 Å². The third kappa shape index (κ3) is 4.32. The molecule has 0 N–H and O–H groups in total. The van der Waals surface area contributed by atoms with Crippen LogP contribution >= 0.6 is 0 Å². The molecule has 0 saturated carbocycles. The van der Waals surface area contributed by atoms with Crippen LogP contribution in [0.3, 0.4) is 0 Å². The normalized spacial score (nSPS) is 22.9. The van der Waals surface area contributed by atoms with Gasteiger partial charge in [-0.1, -0.05) is 35.5 Å². The second-order valence-corrected chi connectivity index (χ2v) is 9.91. The fourth-order valence-corrected chi connectivity index (χ4v) is 5.71. The number of hydrogen-bond acceptors (Lipinski definition) is 6. The van der Waals surface area contributed by atoms with Gasteiger partial charge in [-0.25, -0.2) is 0 Å². The SMILES string of the molecule is Cc1onc(C(=O)N2C[C@H]3CN(Cc4ccccc4)C[C@@]3(CN(C)C)C2)c1Cn1cccn1. The summed E-state index contributed by atoms with van der Waals surface area (Å²) in [5.41, 5.74) is 2.64. The van der Waals surface area contributed by atoms with E-state index in [1.54, 1.807) is 10.9 Å². The summed E-state index contributed by atoms with van der Waals surface area (Å²) < 4.78 is 7.23. The lowest BCUT2D eigenvalue weighted by molar-refractivity contribution is 0.0736. The first-order chi connectivity index (χ1) is 15.9. The molecule has 0 bridgehead atoms. The summed E-state index contributed by atoms with van der Waals surface area (Å²) in [6.07, 6.45) is 3.62. The molecule has 5 rings (SSSR count). The Hall–Kier alpha value is -2.97. The Kier molecular flexibility index (Phi) is 5.80. The molecule has 2 aliphatic rings. The molecule has 0 aliphatic carbocycles. The van der Waals surface area contributed by atoms with E-state index in [9.17, 15) is 4.79 Å². The zero-order valence-corrected chi connectivity index (χ0v) is 19.6. The molecule has 1 amide bonds. The third-order valence-corrected chi connectivity index (χ3v) is 7.06. The van der Waals surface area contributed by atoms with Crippen molar-refractivity contribution in [2.45, 2.75) is 20.0 Å². The zero-order chi connectivity index (χ0) is 23.0. The van der Waals surface area contributed by atoms with Crippen LogP contribution in [0.2, 0.25) is 0 Å². The zero-order valence-electron chi connectivity index (χ0n) is 19.6. The number of carbonyl (C=O) groups excluding carboxylic acids is 1. The van der Waals surface area contributed by atoms with E-state index in [2.05, 4.69) is 64.5 Å². The van der Waals surface area contributed by atoms with Gasteiger partial charge in [-0.05, 0) is 38.6 Å². The van der Waals surface area contributed by atoms with Crippen LogP contribution in [0.5, 0.6) is 0 Å². The average molecular weight is 449 g/mol. The summed E-state index contributed by atoms with van der Waals surface area (Å²) in [5, 5.41) is 8.44. The molecule has 2 aliphatic heterocycles. The van der Waals surface area contributed by atoms with Gasteiger partial charge in [0.15, 0.2) is 5.69 Å². The van der Waals surface area contributed by atoms with Crippen LogP contribution in [0, 0.1) is 18.3 Å². The first-order valence-corrected chi connectivity index (χ1v) is 11.6. The van der Waals surface area contributed by atoms with Crippen molar-refractivity contribution in [3.8, 4) is 0 Å². The number of carbonyl (C=O) groups is 1. The van der Waals surface area contributed by atoms with Gasteiger partial charge >= 0.3 is 0 Å². The fraction of sp³-hybridized carbons (Fsp3) is 0.480. The van der Waals surface area contributed by atoms with Gasteiger partial charge in [-0.15, -0.1) is 0 Å². The molecule has 2 atom stereocenters. The highest BCUT2D eigenvalue weighted by atomic mass is 16.5. The molecule has 3 aromatic rings. The van der Waals surface area contributed by atoms with Crippen molar-refractivity contribution in [3.05, 3.63) is 71.4 Å². The number of fused-ring (bicyclic) bond motifs is 1. The van der Waals surface area contributed by atoms with Crippen molar-refractivity contribution in [1.82, 2.24) is 29.6 Å². The Labute approximate surface area is 194 Å². The van der Waals surface area contributed by atoms with Crippen molar-refractivity contribution in [1.29, 1.82) is 0 Å². The molecular weight excluding hydrogens is 416 g/mol. The number of nitrogens with zero attached hydrogens (tertiary/aromatic N) is 6. The van der Waals surface area contributed by atoms with E-state index in [1.165, 1.54) is 5.56 Å². The van der Waals surface area contributed by atoms with E-state index in [0.717, 1.165) is 44.8 Å². The second-order valence-electron chi connectivity index (χ2n) is 9.91. The van der Waals surface area contributed by atoms with Crippen LogP contribution in [0.1, 0.15) is 27.4 Å². The van der Waals surface area contributed by atoms with E-state index >= 15 is 0 Å². The summed E-state index contributed by atoms with van der Waals surface area (Å²) in [7, 11) is 4.25. The lowest BCUT2D eigenvalue weighted by Crippen LogP contribution is -2.43. The van der Waals surface area contributed by atoms with Crippen molar-refractivity contribution in [2.75, 3.05) is 46.8 Å². The van der Waals surface area contributed by atoms with Crippen LogP contribution in [0.15, 0.2) is 53.3 Å². The van der Waals surface area contributed by atoms with Crippen LogP contribution in [-0.2, 0) is 13.1 Å². The van der Waals surface area contributed by atoms with E-state index in [4.69, 9.17) is 4.52 Å². The molecule has 174 valence electrons. The molecule has 33 heavy (non-hydrogen) atoms. The van der Waals surface area contributed by atoms with Gasteiger partial charge in [0, 0.05) is 62.6 Å². The minimum atomic E-state index is -0.0313. The minimum Gasteiger partial charge on any atom is -0.361 e. The van der Waals surface area contributed by atoms with Gasteiger partial charge in [0.1, 0.15) is 5.76 Å². The average Bonchev–Trinajstić information content (AvgIpc) is 3.53. The second kappa shape index (κ2) is 8.76. The highest BCUT2D eigenvalue weighted by Gasteiger charge is 2.53. The maximum Gasteiger partial charge on any atom is 0.276 e. The standard InChI is InChI=1S/C25H32N6O2/c1-19-22(15-31-11-7-10-26-31)23(27-33-19)24(32)30-14-21-13-29(12-20-8-5-4-6-9-20)17-25(21,18-30)16-28(2)3/h4-11,21H,12-18H2,1-3H3/t21-,25+/m1/s1. The van der Waals surface area contributed by atoms with Crippen LogP contribution < -0.4 is 0 Å². The Morgan fingerprint density at radius 3 is 2.70 bits per heavy atom. The summed E-state index contributed by atoms with van der Waals surface area (Å²) in [6.45, 7) is 7.75. The Morgan fingerprint density at radius 2 is 1.97 bits per heavy atom. The number of hydrogen-bond donors (Lipinski definition) is 0. The predicted molar refractivity (Wildman–Crippen MR) is 125 cm³/mol. The summed E-state index contributed by atoms with van der Waals surface area (Å²) in [4.78, 5) is 20.4. The first-order valence-electron chi connectivity index (χ1n) is 11.6. The highest BCUT2D eigenvalue weighted by molar-refractivity contribution is 5.94.